The van der Waals surface area contributed by atoms with E-state index in [4.69, 9.17) is 32.7 Å². The Morgan fingerprint density at radius 1 is 1.36 bits per heavy atom. The molecule has 2 aliphatic heterocycles. The lowest BCUT2D eigenvalue weighted by Crippen LogP contribution is -2.31. The highest BCUT2D eigenvalue weighted by Crippen LogP contribution is 2.44. The van der Waals surface area contributed by atoms with Crippen molar-refractivity contribution in [1.82, 2.24) is 5.32 Å². The third-order valence-electron chi connectivity index (χ3n) is 4.09. The van der Waals surface area contributed by atoms with Gasteiger partial charge in [-0.25, -0.2) is 9.59 Å². The predicted molar refractivity (Wildman–Crippen MR) is 94.3 cm³/mol. The summed E-state index contributed by atoms with van der Waals surface area (Å²) in [4.78, 5) is 24.7. The molecule has 1 aromatic carbocycles. The zero-order valence-corrected chi connectivity index (χ0v) is 15.5. The van der Waals surface area contributed by atoms with Gasteiger partial charge in [0.25, 0.3) is 0 Å². The quantitative estimate of drug-likeness (QED) is 0.808. The van der Waals surface area contributed by atoms with E-state index in [0.29, 0.717) is 38.1 Å². The maximum atomic E-state index is 12.7. The molecule has 3 rings (SSSR count). The number of dihydropyridines is 1. The number of carbonyl (C=O) groups is 2. The van der Waals surface area contributed by atoms with Crippen molar-refractivity contribution < 1.29 is 19.1 Å². The van der Waals surface area contributed by atoms with Gasteiger partial charge in [-0.1, -0.05) is 35.3 Å². The van der Waals surface area contributed by atoms with E-state index in [-0.39, 0.29) is 12.7 Å². The summed E-state index contributed by atoms with van der Waals surface area (Å²) in [5, 5.41) is 3.69. The van der Waals surface area contributed by atoms with E-state index in [1.807, 2.05) is 0 Å². The molecule has 2 aliphatic rings. The smallest absolute Gasteiger partial charge is 0.355 e. The van der Waals surface area contributed by atoms with Gasteiger partial charge < -0.3 is 14.8 Å². The van der Waals surface area contributed by atoms with Gasteiger partial charge in [-0.15, -0.1) is 0 Å². The highest BCUT2D eigenvalue weighted by atomic mass is 35.5. The summed E-state index contributed by atoms with van der Waals surface area (Å²) in [6.07, 6.45) is -0.278. The molecule has 0 fully saturated rings. The molecule has 0 radical (unpaired) electrons. The highest BCUT2D eigenvalue weighted by Gasteiger charge is 2.41. The van der Waals surface area contributed by atoms with Crippen LogP contribution in [0.25, 0.3) is 0 Å². The fourth-order valence-electron chi connectivity index (χ4n) is 3.06. The second-order valence-electron chi connectivity index (χ2n) is 6.17. The fourth-order valence-corrected chi connectivity index (χ4v) is 3.48. The van der Waals surface area contributed by atoms with Gasteiger partial charge in [0, 0.05) is 17.2 Å². The van der Waals surface area contributed by atoms with Crippen molar-refractivity contribution in [3.63, 3.8) is 0 Å². The summed E-state index contributed by atoms with van der Waals surface area (Å²) in [6.45, 7) is 5.36. The number of cyclic esters (lactones) is 1. The topological polar surface area (TPSA) is 64.6 Å². The monoisotopic (exact) mass is 381 g/mol. The van der Waals surface area contributed by atoms with Gasteiger partial charge in [-0.3, -0.25) is 0 Å². The van der Waals surface area contributed by atoms with Crippen molar-refractivity contribution in [3.8, 4) is 0 Å². The van der Waals surface area contributed by atoms with Gasteiger partial charge in [0.1, 0.15) is 12.3 Å². The zero-order valence-electron chi connectivity index (χ0n) is 14.0. The van der Waals surface area contributed by atoms with Crippen molar-refractivity contribution in [3.05, 3.63) is 56.3 Å². The second-order valence-corrected chi connectivity index (χ2v) is 6.96. The molecular weight excluding hydrogens is 365 g/mol. The summed E-state index contributed by atoms with van der Waals surface area (Å²) < 4.78 is 10.5. The molecule has 1 aromatic rings. The predicted octanol–water partition coefficient (Wildman–Crippen LogP) is 3.72. The molecule has 0 saturated heterocycles. The molecule has 1 atom stereocenters. The molecule has 0 aliphatic carbocycles. The molecule has 0 amide bonds. The van der Waals surface area contributed by atoms with Crippen molar-refractivity contribution in [2.45, 2.75) is 32.8 Å². The summed E-state index contributed by atoms with van der Waals surface area (Å²) in [7, 11) is 0. The van der Waals surface area contributed by atoms with Crippen LogP contribution in [0.5, 0.6) is 0 Å². The van der Waals surface area contributed by atoms with E-state index < -0.39 is 17.9 Å². The largest absolute Gasteiger partial charge is 0.460 e. The van der Waals surface area contributed by atoms with Crippen LogP contribution in [0.15, 0.2) is 40.7 Å². The number of hydrogen-bond donors (Lipinski definition) is 1. The standard InChI is InChI=1S/C18H17Cl2NO4/c1-8(2)25-17(22)13-9(3)21-16-11(7-24-18(16)23)14(13)10-5-4-6-12(19)15(10)20/h4-6,8,14,21H,7H2,1-3H3. The van der Waals surface area contributed by atoms with Crippen LogP contribution in [0, 0.1) is 0 Å². The first kappa shape index (κ1) is 17.8. The summed E-state index contributed by atoms with van der Waals surface area (Å²) in [5.74, 6) is -1.47. The molecular formula is C18H17Cl2NO4. The van der Waals surface area contributed by atoms with Crippen LogP contribution in [-0.2, 0) is 19.1 Å². The Kier molecular flexibility index (Phi) is 4.80. The minimum Gasteiger partial charge on any atom is -0.460 e. The number of rotatable bonds is 3. The number of halogens is 2. The van der Waals surface area contributed by atoms with Crippen molar-refractivity contribution in [2.75, 3.05) is 6.61 Å². The molecule has 132 valence electrons. The van der Waals surface area contributed by atoms with E-state index in [1.165, 1.54) is 0 Å². The molecule has 7 heteroatoms. The second kappa shape index (κ2) is 6.73. The van der Waals surface area contributed by atoms with Crippen LogP contribution in [0.2, 0.25) is 10.0 Å². The van der Waals surface area contributed by atoms with Gasteiger partial charge in [-0.05, 0) is 32.4 Å². The minimum atomic E-state index is -0.555. The number of benzene rings is 1. The first-order chi connectivity index (χ1) is 11.8. The summed E-state index contributed by atoms with van der Waals surface area (Å²) in [5.41, 5.74) is 2.56. The average molecular weight is 382 g/mol. The molecule has 0 bridgehead atoms. The van der Waals surface area contributed by atoms with E-state index in [1.54, 1.807) is 39.0 Å². The normalized spacial score (nSPS) is 19.8. The molecule has 25 heavy (non-hydrogen) atoms. The Labute approximate surface area is 155 Å². The Bertz CT molecular complexity index is 826. The van der Waals surface area contributed by atoms with Crippen LogP contribution >= 0.6 is 23.2 Å². The number of hydrogen-bond acceptors (Lipinski definition) is 5. The van der Waals surface area contributed by atoms with E-state index >= 15 is 0 Å². The van der Waals surface area contributed by atoms with Crippen molar-refractivity contribution in [1.29, 1.82) is 0 Å². The Morgan fingerprint density at radius 2 is 2.08 bits per heavy atom. The molecule has 0 aromatic heterocycles. The lowest BCUT2D eigenvalue weighted by molar-refractivity contribution is -0.143. The Balaban J connectivity index is 2.17. The maximum absolute atomic E-state index is 12.7. The van der Waals surface area contributed by atoms with Crippen LogP contribution in [0.4, 0.5) is 0 Å². The third-order valence-corrected chi connectivity index (χ3v) is 4.93. The van der Waals surface area contributed by atoms with Crippen molar-refractivity contribution in [2.24, 2.45) is 0 Å². The number of ether oxygens (including phenoxy) is 2. The first-order valence-electron chi connectivity index (χ1n) is 7.84. The van der Waals surface area contributed by atoms with Gasteiger partial charge in [0.15, 0.2) is 0 Å². The fraction of sp³-hybridized carbons (Fsp3) is 0.333. The van der Waals surface area contributed by atoms with Gasteiger partial charge >= 0.3 is 11.9 Å². The Hall–Kier alpha value is -1.98. The van der Waals surface area contributed by atoms with Crippen LogP contribution in [-0.4, -0.2) is 24.6 Å². The lowest BCUT2D eigenvalue weighted by atomic mass is 9.81. The number of nitrogens with one attached hydrogen (secondary N) is 1. The van der Waals surface area contributed by atoms with E-state index in [0.717, 1.165) is 0 Å². The molecule has 0 spiro atoms. The van der Waals surface area contributed by atoms with Crippen molar-refractivity contribution >= 4 is 35.1 Å². The third kappa shape index (κ3) is 3.14. The number of allylic oxidation sites excluding steroid dienone is 1. The number of esters is 2. The molecule has 2 heterocycles. The molecule has 1 unspecified atom stereocenters. The Morgan fingerprint density at radius 3 is 2.76 bits per heavy atom. The minimum absolute atomic E-state index is 0.0837. The highest BCUT2D eigenvalue weighted by molar-refractivity contribution is 6.42. The maximum Gasteiger partial charge on any atom is 0.355 e. The zero-order chi connectivity index (χ0) is 18.3. The van der Waals surface area contributed by atoms with Gasteiger partial charge in [-0.2, -0.15) is 0 Å². The molecule has 1 N–H and O–H groups in total. The first-order valence-corrected chi connectivity index (χ1v) is 8.59. The average Bonchev–Trinajstić information content (AvgIpc) is 2.89. The summed E-state index contributed by atoms with van der Waals surface area (Å²) in [6, 6.07) is 5.21. The van der Waals surface area contributed by atoms with Crippen LogP contribution < -0.4 is 5.32 Å². The lowest BCUT2D eigenvalue weighted by Gasteiger charge is -2.29. The van der Waals surface area contributed by atoms with Crippen LogP contribution in [0.3, 0.4) is 0 Å². The molecule has 5 nitrogen and oxygen atoms in total. The van der Waals surface area contributed by atoms with Gasteiger partial charge in [0.05, 0.1) is 21.7 Å². The van der Waals surface area contributed by atoms with Crippen LogP contribution in [0.1, 0.15) is 32.3 Å². The van der Waals surface area contributed by atoms with E-state index in [2.05, 4.69) is 5.32 Å². The van der Waals surface area contributed by atoms with E-state index in [9.17, 15) is 9.59 Å². The number of carbonyl (C=O) groups excluding carboxylic acids is 2. The molecule has 0 saturated carbocycles. The SMILES string of the molecule is CC1=C(C(=O)OC(C)C)C(c2cccc(Cl)c2Cl)C2=C(N1)C(=O)OC2. The van der Waals surface area contributed by atoms with Gasteiger partial charge in [0.2, 0.25) is 0 Å². The summed E-state index contributed by atoms with van der Waals surface area (Å²) >= 11 is 12.6.